The van der Waals surface area contributed by atoms with Crippen molar-refractivity contribution in [2.75, 3.05) is 5.75 Å². The second kappa shape index (κ2) is 7.43. The second-order valence-electron chi connectivity index (χ2n) is 5.92. The topological polar surface area (TPSA) is 70.2 Å². The van der Waals surface area contributed by atoms with Crippen LogP contribution < -0.4 is 15.9 Å². The third kappa shape index (κ3) is 3.27. The van der Waals surface area contributed by atoms with Gasteiger partial charge in [0.25, 0.3) is 5.91 Å². The maximum atomic E-state index is 12.9. The van der Waals surface area contributed by atoms with E-state index >= 15 is 0 Å². The Hall–Kier alpha value is -1.81. The van der Waals surface area contributed by atoms with Gasteiger partial charge in [0.1, 0.15) is 5.70 Å². The van der Waals surface area contributed by atoms with Gasteiger partial charge in [-0.3, -0.25) is 10.1 Å². The van der Waals surface area contributed by atoms with Crippen LogP contribution in [0.1, 0.15) is 31.7 Å². The van der Waals surface area contributed by atoms with Crippen LogP contribution in [0.25, 0.3) is 5.70 Å². The van der Waals surface area contributed by atoms with Gasteiger partial charge in [-0.05, 0) is 47.2 Å². The first-order valence-corrected chi connectivity index (χ1v) is 10.5. The fourth-order valence-electron chi connectivity index (χ4n) is 2.86. The number of nitrogens with zero attached hydrogens (tertiary/aromatic N) is 3. The standard InChI is InChI=1S/C18H17IN4O2S/c1-2-3-10-26-18-21-17(24)15-11-6-4-5-7-12(11)20-16(23(15)22-18)13-8-9-14(19)25-13/h4-9,16H,2-3,10H2,1H3,(H,21,22,24)/t16-/m1/s1. The van der Waals surface area contributed by atoms with Gasteiger partial charge in [0.15, 0.2) is 14.7 Å². The lowest BCUT2D eigenvalue weighted by Crippen LogP contribution is -2.50. The lowest BCUT2D eigenvalue weighted by Gasteiger charge is -2.32. The van der Waals surface area contributed by atoms with Gasteiger partial charge in [0.2, 0.25) is 6.17 Å². The predicted molar refractivity (Wildman–Crippen MR) is 110 cm³/mol. The number of halogens is 1. The van der Waals surface area contributed by atoms with Crippen molar-refractivity contribution in [3.05, 3.63) is 56.5 Å². The molecule has 0 aliphatic carbocycles. The Morgan fingerprint density at radius 3 is 2.92 bits per heavy atom. The normalized spacial score (nSPS) is 18.6. The molecule has 0 spiro atoms. The minimum Gasteiger partial charge on any atom is -0.451 e. The Balaban J connectivity index is 1.83. The summed E-state index contributed by atoms with van der Waals surface area (Å²) in [5.74, 6) is 1.42. The molecule has 26 heavy (non-hydrogen) atoms. The van der Waals surface area contributed by atoms with E-state index in [1.54, 1.807) is 16.8 Å². The van der Waals surface area contributed by atoms with Gasteiger partial charge < -0.3 is 4.42 Å². The zero-order valence-corrected chi connectivity index (χ0v) is 17.1. The summed E-state index contributed by atoms with van der Waals surface area (Å²) in [6.45, 7) is 2.14. The molecule has 6 nitrogen and oxygen atoms in total. The quantitative estimate of drug-likeness (QED) is 0.540. The van der Waals surface area contributed by atoms with E-state index in [1.807, 2.05) is 36.4 Å². The average molecular weight is 480 g/mol. The van der Waals surface area contributed by atoms with Crippen LogP contribution in [0.2, 0.25) is 0 Å². The van der Waals surface area contributed by atoms with Gasteiger partial charge in [-0.1, -0.05) is 43.3 Å². The first kappa shape index (κ1) is 17.6. The highest BCUT2D eigenvalue weighted by atomic mass is 127. The molecule has 0 radical (unpaired) electrons. The highest BCUT2D eigenvalue weighted by Crippen LogP contribution is 2.31. The van der Waals surface area contributed by atoms with Crippen LogP contribution in [-0.4, -0.2) is 21.8 Å². The predicted octanol–water partition coefficient (Wildman–Crippen LogP) is 2.56. The number of hydrogen-bond donors (Lipinski definition) is 1. The molecule has 134 valence electrons. The third-order valence-electron chi connectivity index (χ3n) is 4.10. The highest BCUT2D eigenvalue weighted by molar-refractivity contribution is 14.1. The van der Waals surface area contributed by atoms with Gasteiger partial charge in [-0.25, -0.2) is 10.0 Å². The first-order valence-electron chi connectivity index (χ1n) is 8.42. The number of carbonyl (C=O) groups is 1. The molecule has 4 rings (SSSR count). The molecule has 3 heterocycles. The Bertz CT molecular complexity index is 1000. The van der Waals surface area contributed by atoms with Crippen LogP contribution >= 0.6 is 34.4 Å². The van der Waals surface area contributed by atoms with Crippen molar-refractivity contribution in [2.24, 2.45) is 10.1 Å². The summed E-state index contributed by atoms with van der Waals surface area (Å²) in [4.78, 5) is 17.6. The summed E-state index contributed by atoms with van der Waals surface area (Å²) in [5.41, 5.74) is 0.506. The molecule has 1 N–H and O–H groups in total. The number of para-hydroxylation sites is 1. The van der Waals surface area contributed by atoms with Crippen molar-refractivity contribution < 1.29 is 9.21 Å². The Kier molecular flexibility index (Phi) is 5.03. The smallest absolute Gasteiger partial charge is 0.276 e. The summed E-state index contributed by atoms with van der Waals surface area (Å²) < 4.78 is 6.56. The zero-order valence-electron chi connectivity index (χ0n) is 14.1. The monoisotopic (exact) mass is 480 g/mol. The largest absolute Gasteiger partial charge is 0.451 e. The molecule has 2 aliphatic rings. The third-order valence-corrected chi connectivity index (χ3v) is 5.63. The number of benzene rings is 1. The molecule has 0 saturated carbocycles. The molecule has 1 amide bonds. The van der Waals surface area contributed by atoms with E-state index in [-0.39, 0.29) is 5.91 Å². The van der Waals surface area contributed by atoms with Crippen LogP contribution in [0.3, 0.4) is 0 Å². The molecule has 2 aromatic rings. The minimum atomic E-state index is -0.490. The van der Waals surface area contributed by atoms with Gasteiger partial charge in [0.05, 0.1) is 5.36 Å². The van der Waals surface area contributed by atoms with Crippen molar-refractivity contribution in [2.45, 2.75) is 25.9 Å². The lowest BCUT2D eigenvalue weighted by atomic mass is 10.1. The van der Waals surface area contributed by atoms with Crippen molar-refractivity contribution >= 4 is 51.1 Å². The van der Waals surface area contributed by atoms with Crippen molar-refractivity contribution in [3.63, 3.8) is 0 Å². The Morgan fingerprint density at radius 2 is 2.15 bits per heavy atom. The van der Waals surface area contributed by atoms with Crippen LogP contribution in [-0.2, 0) is 4.79 Å². The van der Waals surface area contributed by atoms with Gasteiger partial charge in [0, 0.05) is 11.0 Å². The number of unbranched alkanes of at least 4 members (excludes halogenated alkanes) is 1. The molecule has 1 aromatic carbocycles. The number of carbonyl (C=O) groups excluding carboxylic acids is 1. The molecule has 8 heteroatoms. The fourth-order valence-corrected chi connectivity index (χ4v) is 4.23. The van der Waals surface area contributed by atoms with Crippen LogP contribution in [0.5, 0.6) is 0 Å². The minimum absolute atomic E-state index is 0.160. The summed E-state index contributed by atoms with van der Waals surface area (Å²) in [6, 6.07) is 11.4. The number of rotatable bonds is 4. The number of hydrogen-bond acceptors (Lipinski definition) is 6. The summed E-state index contributed by atoms with van der Waals surface area (Å²) in [6.07, 6.45) is 1.69. The molecular formula is C18H17IN4O2S. The number of fused-ring (bicyclic) bond motifs is 2. The molecule has 0 fully saturated rings. The van der Waals surface area contributed by atoms with Gasteiger partial charge in [-0.15, -0.1) is 5.10 Å². The number of thioether (sulfide) groups is 1. The molecule has 1 aromatic heterocycles. The number of furan rings is 1. The van der Waals surface area contributed by atoms with Crippen molar-refractivity contribution in [1.29, 1.82) is 0 Å². The van der Waals surface area contributed by atoms with Crippen LogP contribution in [0.4, 0.5) is 0 Å². The number of hydrazone groups is 1. The van der Waals surface area contributed by atoms with Gasteiger partial charge in [-0.2, -0.15) is 0 Å². The number of nitrogens with one attached hydrogen (secondary N) is 1. The SMILES string of the molecule is CCCCSC1=NN2C(=c3ccccc3=N[C@H]2c2ccc(I)o2)C(=O)N1. The van der Waals surface area contributed by atoms with E-state index in [2.05, 4.69) is 39.9 Å². The lowest BCUT2D eigenvalue weighted by molar-refractivity contribution is -0.116. The number of amidine groups is 1. The zero-order chi connectivity index (χ0) is 18.1. The van der Waals surface area contributed by atoms with E-state index < -0.39 is 6.17 Å². The van der Waals surface area contributed by atoms with E-state index in [1.165, 1.54) is 0 Å². The van der Waals surface area contributed by atoms with E-state index in [0.717, 1.165) is 32.9 Å². The summed E-state index contributed by atoms with van der Waals surface area (Å²) >= 11 is 3.68. The number of amides is 1. The first-order chi connectivity index (χ1) is 12.7. The van der Waals surface area contributed by atoms with Crippen molar-refractivity contribution in [1.82, 2.24) is 10.3 Å². The Morgan fingerprint density at radius 1 is 1.31 bits per heavy atom. The maximum Gasteiger partial charge on any atom is 0.276 e. The maximum absolute atomic E-state index is 12.9. The molecule has 1 atom stereocenters. The highest BCUT2D eigenvalue weighted by Gasteiger charge is 2.35. The fraction of sp³-hybridized carbons (Fsp3) is 0.278. The summed E-state index contributed by atoms with van der Waals surface area (Å²) in [5, 5.41) is 11.4. The van der Waals surface area contributed by atoms with Crippen LogP contribution in [0.15, 0.2) is 50.9 Å². The van der Waals surface area contributed by atoms with E-state index in [4.69, 9.17) is 9.41 Å². The molecular weight excluding hydrogens is 463 g/mol. The Labute approximate surface area is 168 Å². The molecule has 0 unspecified atom stereocenters. The average Bonchev–Trinajstić information content (AvgIpc) is 3.07. The molecule has 0 bridgehead atoms. The van der Waals surface area contributed by atoms with Gasteiger partial charge >= 0.3 is 0 Å². The second-order valence-corrected chi connectivity index (χ2v) is 8.06. The van der Waals surface area contributed by atoms with E-state index in [0.29, 0.717) is 16.6 Å². The summed E-state index contributed by atoms with van der Waals surface area (Å²) in [7, 11) is 0. The molecule has 0 saturated heterocycles. The van der Waals surface area contributed by atoms with E-state index in [9.17, 15) is 4.79 Å². The molecule has 2 aliphatic heterocycles. The van der Waals surface area contributed by atoms with Crippen molar-refractivity contribution in [3.8, 4) is 0 Å². The van der Waals surface area contributed by atoms with Crippen LogP contribution in [0, 0.1) is 3.77 Å².